The molecule has 0 bridgehead atoms. The van der Waals surface area contributed by atoms with E-state index in [9.17, 15) is 14.4 Å². The highest BCUT2D eigenvalue weighted by atomic mass is 16.5. The lowest BCUT2D eigenvalue weighted by Crippen LogP contribution is -2.54. The SMILES string of the molecule is C=CCn1c(=O)n(CC=C)c(=O)n(CCOc2ccccc2)c1=O. The van der Waals surface area contributed by atoms with Crippen LogP contribution in [0.2, 0.25) is 0 Å². The minimum absolute atomic E-state index is 0.0225. The third kappa shape index (κ3) is 3.62. The summed E-state index contributed by atoms with van der Waals surface area (Å²) in [6.07, 6.45) is 2.85. The molecule has 0 aliphatic heterocycles. The Morgan fingerprint density at radius 2 is 1.33 bits per heavy atom. The lowest BCUT2D eigenvalue weighted by Gasteiger charge is -2.12. The van der Waals surface area contributed by atoms with Crippen LogP contribution in [-0.4, -0.2) is 20.3 Å². The van der Waals surface area contributed by atoms with E-state index >= 15 is 0 Å². The maximum atomic E-state index is 12.4. The Bertz CT molecular complexity index is 843. The number of allylic oxidation sites excluding steroid dienone is 2. The highest BCUT2D eigenvalue weighted by Crippen LogP contribution is 2.07. The zero-order chi connectivity index (χ0) is 17.5. The van der Waals surface area contributed by atoms with Crippen molar-refractivity contribution in [1.29, 1.82) is 0 Å². The van der Waals surface area contributed by atoms with Crippen LogP contribution in [0.5, 0.6) is 5.75 Å². The summed E-state index contributed by atoms with van der Waals surface area (Å²) in [4.78, 5) is 37.0. The van der Waals surface area contributed by atoms with Crippen LogP contribution in [0.3, 0.4) is 0 Å². The summed E-state index contributed by atoms with van der Waals surface area (Å²) in [6.45, 7) is 7.25. The molecule has 1 aromatic heterocycles. The van der Waals surface area contributed by atoms with Crippen molar-refractivity contribution in [3.63, 3.8) is 0 Å². The smallest absolute Gasteiger partial charge is 0.336 e. The summed E-state index contributed by atoms with van der Waals surface area (Å²) in [5.74, 6) is 0.636. The van der Waals surface area contributed by atoms with Crippen LogP contribution in [0.4, 0.5) is 0 Å². The van der Waals surface area contributed by atoms with E-state index in [1.54, 1.807) is 12.1 Å². The van der Waals surface area contributed by atoms with Crippen LogP contribution in [0.25, 0.3) is 0 Å². The van der Waals surface area contributed by atoms with Gasteiger partial charge in [-0.3, -0.25) is 0 Å². The summed E-state index contributed by atoms with van der Waals surface area (Å²) in [5.41, 5.74) is -2.03. The molecule has 126 valence electrons. The van der Waals surface area contributed by atoms with Crippen molar-refractivity contribution in [3.8, 4) is 5.75 Å². The Morgan fingerprint density at radius 1 is 0.833 bits per heavy atom. The third-order valence-electron chi connectivity index (χ3n) is 3.34. The topological polar surface area (TPSA) is 75.2 Å². The maximum absolute atomic E-state index is 12.4. The van der Waals surface area contributed by atoms with Gasteiger partial charge in [0.25, 0.3) is 0 Å². The number of para-hydroxylation sites is 1. The van der Waals surface area contributed by atoms with Gasteiger partial charge in [0.2, 0.25) is 0 Å². The lowest BCUT2D eigenvalue weighted by molar-refractivity contribution is 0.286. The molecule has 0 amide bonds. The first-order chi connectivity index (χ1) is 11.6. The average molecular weight is 329 g/mol. The van der Waals surface area contributed by atoms with Crippen LogP contribution >= 0.6 is 0 Å². The molecule has 0 radical (unpaired) electrons. The standard InChI is InChI=1S/C17H19N3O4/c1-3-10-18-15(21)19(11-4-2)17(23)20(16(18)22)12-13-24-14-8-6-5-7-9-14/h3-9H,1-2,10-13H2. The first kappa shape index (κ1) is 17.3. The van der Waals surface area contributed by atoms with E-state index in [2.05, 4.69) is 13.2 Å². The van der Waals surface area contributed by atoms with E-state index in [4.69, 9.17) is 4.74 Å². The molecule has 0 atom stereocenters. The molecule has 1 heterocycles. The van der Waals surface area contributed by atoms with E-state index in [1.807, 2.05) is 18.2 Å². The molecule has 0 N–H and O–H groups in total. The summed E-state index contributed by atoms with van der Waals surface area (Å²) in [7, 11) is 0. The number of ether oxygens (including phenoxy) is 1. The summed E-state index contributed by atoms with van der Waals surface area (Å²) in [6, 6.07) is 9.05. The summed E-state index contributed by atoms with van der Waals surface area (Å²) >= 11 is 0. The van der Waals surface area contributed by atoms with Gasteiger partial charge in [0.05, 0.1) is 19.6 Å². The Kier molecular flexibility index (Phi) is 5.73. The second-order valence-electron chi connectivity index (χ2n) is 4.96. The molecular formula is C17H19N3O4. The predicted molar refractivity (Wildman–Crippen MR) is 91.6 cm³/mol. The van der Waals surface area contributed by atoms with E-state index < -0.39 is 17.1 Å². The second-order valence-corrected chi connectivity index (χ2v) is 4.96. The predicted octanol–water partition coefficient (Wildman–Crippen LogP) is 0.623. The van der Waals surface area contributed by atoms with Gasteiger partial charge in [-0.25, -0.2) is 28.1 Å². The molecule has 7 nitrogen and oxygen atoms in total. The van der Waals surface area contributed by atoms with Crippen LogP contribution in [-0.2, 0) is 19.6 Å². The molecule has 7 heteroatoms. The molecule has 0 saturated heterocycles. The van der Waals surface area contributed by atoms with Crippen molar-refractivity contribution in [1.82, 2.24) is 13.7 Å². The summed E-state index contributed by atoms with van der Waals surface area (Å²) in [5, 5.41) is 0. The molecule has 0 unspecified atom stereocenters. The first-order valence-corrected chi connectivity index (χ1v) is 7.44. The van der Waals surface area contributed by atoms with Crippen molar-refractivity contribution in [2.24, 2.45) is 0 Å². The van der Waals surface area contributed by atoms with Crippen molar-refractivity contribution in [3.05, 3.63) is 87.1 Å². The lowest BCUT2D eigenvalue weighted by atomic mass is 10.3. The zero-order valence-electron chi connectivity index (χ0n) is 13.3. The molecule has 0 aliphatic rings. The fourth-order valence-corrected chi connectivity index (χ4v) is 2.22. The molecule has 0 aliphatic carbocycles. The Morgan fingerprint density at radius 3 is 1.83 bits per heavy atom. The fourth-order valence-electron chi connectivity index (χ4n) is 2.22. The summed E-state index contributed by atoms with van der Waals surface area (Å²) < 4.78 is 8.42. The van der Waals surface area contributed by atoms with Gasteiger partial charge in [-0.05, 0) is 12.1 Å². The average Bonchev–Trinajstić information content (AvgIpc) is 2.59. The van der Waals surface area contributed by atoms with E-state index in [0.29, 0.717) is 5.75 Å². The van der Waals surface area contributed by atoms with Gasteiger partial charge in [0.15, 0.2) is 0 Å². The highest BCUT2D eigenvalue weighted by molar-refractivity contribution is 5.20. The quantitative estimate of drug-likeness (QED) is 0.666. The monoisotopic (exact) mass is 329 g/mol. The number of hydrogen-bond donors (Lipinski definition) is 0. The minimum atomic E-state index is -0.679. The minimum Gasteiger partial charge on any atom is -0.492 e. The largest absolute Gasteiger partial charge is 0.492 e. The van der Waals surface area contributed by atoms with Crippen molar-refractivity contribution >= 4 is 0 Å². The molecule has 24 heavy (non-hydrogen) atoms. The Hall–Kier alpha value is -3.09. The third-order valence-corrected chi connectivity index (χ3v) is 3.34. The van der Waals surface area contributed by atoms with Gasteiger partial charge >= 0.3 is 17.1 Å². The Labute approximate surface area is 138 Å². The van der Waals surface area contributed by atoms with Crippen molar-refractivity contribution in [2.45, 2.75) is 19.6 Å². The molecule has 0 saturated carbocycles. The first-order valence-electron chi connectivity index (χ1n) is 7.44. The number of rotatable bonds is 8. The second kappa shape index (κ2) is 7.96. The van der Waals surface area contributed by atoms with E-state index in [0.717, 1.165) is 13.7 Å². The van der Waals surface area contributed by atoms with Crippen LogP contribution in [0.1, 0.15) is 0 Å². The number of aromatic nitrogens is 3. The normalized spacial score (nSPS) is 10.3. The van der Waals surface area contributed by atoms with Gasteiger partial charge in [-0.15, -0.1) is 13.2 Å². The van der Waals surface area contributed by atoms with Crippen molar-refractivity contribution < 1.29 is 4.74 Å². The van der Waals surface area contributed by atoms with Crippen LogP contribution in [0.15, 0.2) is 70.0 Å². The van der Waals surface area contributed by atoms with E-state index in [1.165, 1.54) is 12.2 Å². The van der Waals surface area contributed by atoms with Gasteiger partial charge in [-0.1, -0.05) is 30.4 Å². The van der Waals surface area contributed by atoms with Crippen LogP contribution < -0.4 is 21.8 Å². The molecule has 0 fully saturated rings. The van der Waals surface area contributed by atoms with Gasteiger partial charge in [-0.2, -0.15) is 0 Å². The zero-order valence-corrected chi connectivity index (χ0v) is 13.3. The molecule has 1 aromatic carbocycles. The molecule has 2 rings (SSSR count). The maximum Gasteiger partial charge on any atom is 0.336 e. The van der Waals surface area contributed by atoms with Crippen molar-refractivity contribution in [2.75, 3.05) is 6.61 Å². The van der Waals surface area contributed by atoms with Gasteiger partial charge in [0.1, 0.15) is 12.4 Å². The molecule has 0 spiro atoms. The van der Waals surface area contributed by atoms with Crippen LogP contribution in [0, 0.1) is 0 Å². The Balaban J connectivity index is 2.35. The number of hydrogen-bond acceptors (Lipinski definition) is 4. The molecular weight excluding hydrogens is 310 g/mol. The number of nitrogens with zero attached hydrogens (tertiary/aromatic N) is 3. The van der Waals surface area contributed by atoms with Gasteiger partial charge in [0, 0.05) is 0 Å². The fraction of sp³-hybridized carbons (Fsp3) is 0.235. The highest BCUT2D eigenvalue weighted by Gasteiger charge is 2.13. The number of benzene rings is 1. The van der Waals surface area contributed by atoms with E-state index in [-0.39, 0.29) is 26.2 Å². The van der Waals surface area contributed by atoms with Gasteiger partial charge < -0.3 is 4.74 Å². The molecule has 2 aromatic rings.